The van der Waals surface area contributed by atoms with E-state index in [1.54, 1.807) is 29.0 Å². The van der Waals surface area contributed by atoms with Crippen LogP contribution in [-0.2, 0) is 16.9 Å². The van der Waals surface area contributed by atoms with Crippen LogP contribution in [0.4, 0.5) is 0 Å². The lowest BCUT2D eigenvalue weighted by Gasteiger charge is -2.35. The summed E-state index contributed by atoms with van der Waals surface area (Å²) in [5.41, 5.74) is 3.52. The first-order chi connectivity index (χ1) is 12.3. The lowest BCUT2D eigenvalue weighted by Crippen LogP contribution is -2.46. The van der Waals surface area contributed by atoms with Crippen LogP contribution in [0.25, 0.3) is 0 Å². The zero-order valence-electron chi connectivity index (χ0n) is 15.3. The number of sulfone groups is 1. The minimum absolute atomic E-state index is 0.0108. The van der Waals surface area contributed by atoms with Gasteiger partial charge >= 0.3 is 0 Å². The van der Waals surface area contributed by atoms with Crippen molar-refractivity contribution in [2.75, 3.05) is 18.1 Å². The maximum atomic E-state index is 13.3. The quantitative estimate of drug-likeness (QED) is 0.818. The number of hydrogen-bond donors (Lipinski definition) is 0. The lowest BCUT2D eigenvalue weighted by molar-refractivity contribution is 0.0696. The van der Waals surface area contributed by atoms with E-state index in [-0.39, 0.29) is 24.0 Å². The van der Waals surface area contributed by atoms with Gasteiger partial charge in [-0.05, 0) is 32.8 Å². The van der Waals surface area contributed by atoms with Gasteiger partial charge in [-0.25, -0.2) is 8.42 Å². The molecule has 2 fully saturated rings. The predicted octanol–water partition coefficient (Wildman–Crippen LogP) is 1.79. The van der Waals surface area contributed by atoms with E-state index in [0.29, 0.717) is 11.6 Å². The normalized spacial score (nSPS) is 22.6. The number of nitrogens with zero attached hydrogens (tertiary/aromatic N) is 4. The number of carbonyl (C=O) groups is 1. The topological polar surface area (TPSA) is 77.2 Å². The van der Waals surface area contributed by atoms with Crippen molar-refractivity contribution in [2.24, 2.45) is 7.05 Å². The first kappa shape index (κ1) is 17.3. The molecular formula is C18H24N4O3S. The van der Waals surface area contributed by atoms with Gasteiger partial charge < -0.3 is 9.47 Å². The summed E-state index contributed by atoms with van der Waals surface area (Å²) in [6.07, 6.45) is 5.76. The Morgan fingerprint density at radius 3 is 2.62 bits per heavy atom. The van der Waals surface area contributed by atoms with Gasteiger partial charge in [0.1, 0.15) is 0 Å². The van der Waals surface area contributed by atoms with Crippen LogP contribution in [0.1, 0.15) is 52.2 Å². The summed E-state index contributed by atoms with van der Waals surface area (Å²) < 4.78 is 28.3. The van der Waals surface area contributed by atoms with Gasteiger partial charge in [0.2, 0.25) is 0 Å². The third kappa shape index (κ3) is 2.96. The number of amides is 1. The van der Waals surface area contributed by atoms with E-state index >= 15 is 0 Å². The molecule has 4 rings (SSSR count). The molecule has 0 spiro atoms. The fraction of sp³-hybridized carbons (Fsp3) is 0.556. The second-order valence-electron chi connectivity index (χ2n) is 7.46. The van der Waals surface area contributed by atoms with Crippen LogP contribution >= 0.6 is 0 Å². The van der Waals surface area contributed by atoms with Crippen LogP contribution in [0.2, 0.25) is 0 Å². The third-order valence-electron chi connectivity index (χ3n) is 5.43. The fourth-order valence-electron chi connectivity index (χ4n) is 3.98. The van der Waals surface area contributed by atoms with Gasteiger partial charge in [-0.3, -0.25) is 9.48 Å². The molecule has 26 heavy (non-hydrogen) atoms. The lowest BCUT2D eigenvalue weighted by atomic mass is 10.1. The minimum Gasteiger partial charge on any atom is -0.345 e. The summed E-state index contributed by atoms with van der Waals surface area (Å²) >= 11 is 0. The smallest absolute Gasteiger partial charge is 0.256 e. The number of hydrogen-bond acceptors (Lipinski definition) is 4. The molecule has 2 aliphatic rings. The van der Waals surface area contributed by atoms with Gasteiger partial charge in [-0.1, -0.05) is 0 Å². The average Bonchev–Trinajstić information content (AvgIpc) is 3.23. The molecule has 2 aromatic rings. The van der Waals surface area contributed by atoms with E-state index < -0.39 is 15.9 Å². The van der Waals surface area contributed by atoms with Crippen LogP contribution in [0.3, 0.4) is 0 Å². The maximum absolute atomic E-state index is 13.3. The first-order valence-electron chi connectivity index (χ1n) is 8.95. The van der Waals surface area contributed by atoms with Crippen molar-refractivity contribution in [3.63, 3.8) is 0 Å². The predicted molar refractivity (Wildman–Crippen MR) is 97.8 cm³/mol. The van der Waals surface area contributed by atoms with Crippen molar-refractivity contribution in [1.29, 1.82) is 0 Å². The van der Waals surface area contributed by atoms with E-state index in [1.807, 2.05) is 19.9 Å². The van der Waals surface area contributed by atoms with Gasteiger partial charge in [-0.2, -0.15) is 5.10 Å². The second kappa shape index (κ2) is 5.97. The highest BCUT2D eigenvalue weighted by Gasteiger charge is 2.38. The molecule has 0 N–H and O–H groups in total. The van der Waals surface area contributed by atoms with Crippen LogP contribution in [0.5, 0.6) is 0 Å². The molecule has 1 saturated heterocycles. The zero-order chi connectivity index (χ0) is 18.6. The Morgan fingerprint density at radius 2 is 2.00 bits per heavy atom. The van der Waals surface area contributed by atoms with Crippen LogP contribution in [-0.4, -0.2) is 51.6 Å². The molecule has 1 saturated carbocycles. The Bertz CT molecular complexity index is 969. The standard InChI is InChI=1S/C18H24N4O3S/c1-12-8-16(13(2)22(12)15-4-5-15)18(23)21-6-7-26(24,25)11-17(21)14-9-19-20(3)10-14/h8-10,15,17H,4-7,11H2,1-3H3/t17-/m1/s1. The first-order valence-corrected chi connectivity index (χ1v) is 10.8. The third-order valence-corrected chi connectivity index (χ3v) is 7.06. The molecule has 0 aromatic carbocycles. The molecule has 2 aromatic heterocycles. The van der Waals surface area contributed by atoms with Gasteiger partial charge in [0.15, 0.2) is 9.84 Å². The number of aromatic nitrogens is 3. The fourth-order valence-corrected chi connectivity index (χ4v) is 5.48. The Balaban J connectivity index is 1.70. The van der Waals surface area contributed by atoms with Crippen LogP contribution in [0, 0.1) is 13.8 Å². The molecule has 0 unspecified atom stereocenters. The SMILES string of the molecule is Cc1cc(C(=O)N2CCS(=O)(=O)C[C@@H]2c2cnn(C)c2)c(C)n1C1CC1. The second-order valence-corrected chi connectivity index (χ2v) is 9.69. The highest BCUT2D eigenvalue weighted by molar-refractivity contribution is 7.91. The molecule has 0 bridgehead atoms. The molecule has 140 valence electrons. The molecule has 1 aliphatic carbocycles. The van der Waals surface area contributed by atoms with Crippen molar-refractivity contribution < 1.29 is 13.2 Å². The Kier molecular flexibility index (Phi) is 3.98. The van der Waals surface area contributed by atoms with Gasteiger partial charge in [0.05, 0.1) is 29.3 Å². The maximum Gasteiger partial charge on any atom is 0.256 e. The van der Waals surface area contributed by atoms with E-state index in [0.717, 1.165) is 29.8 Å². The summed E-state index contributed by atoms with van der Waals surface area (Å²) in [5.74, 6) is -0.128. The summed E-state index contributed by atoms with van der Waals surface area (Å²) in [5, 5.41) is 4.15. The highest BCUT2D eigenvalue weighted by Crippen LogP contribution is 2.39. The molecule has 8 heteroatoms. The molecule has 1 aliphatic heterocycles. The molecule has 1 atom stereocenters. The van der Waals surface area contributed by atoms with Crippen molar-refractivity contribution in [3.05, 3.63) is 41.0 Å². The summed E-state index contributed by atoms with van der Waals surface area (Å²) in [7, 11) is -1.38. The minimum atomic E-state index is -3.17. The van der Waals surface area contributed by atoms with Gasteiger partial charge in [-0.15, -0.1) is 0 Å². The summed E-state index contributed by atoms with van der Waals surface area (Å²) in [6, 6.07) is 1.96. The molecular weight excluding hydrogens is 352 g/mol. The number of aryl methyl sites for hydroxylation is 2. The summed E-state index contributed by atoms with van der Waals surface area (Å²) in [4.78, 5) is 15.0. The van der Waals surface area contributed by atoms with Crippen molar-refractivity contribution in [3.8, 4) is 0 Å². The summed E-state index contributed by atoms with van der Waals surface area (Å²) in [6.45, 7) is 4.23. The van der Waals surface area contributed by atoms with Crippen molar-refractivity contribution >= 4 is 15.7 Å². The number of carbonyl (C=O) groups excluding carboxylic acids is 1. The zero-order valence-corrected chi connectivity index (χ0v) is 16.2. The average molecular weight is 376 g/mol. The largest absolute Gasteiger partial charge is 0.345 e. The van der Waals surface area contributed by atoms with Crippen molar-refractivity contribution in [2.45, 2.75) is 38.8 Å². The van der Waals surface area contributed by atoms with E-state index in [4.69, 9.17) is 0 Å². The van der Waals surface area contributed by atoms with Gasteiger partial charge in [0, 0.05) is 42.8 Å². The van der Waals surface area contributed by atoms with Crippen LogP contribution < -0.4 is 0 Å². The Labute approximate surface area is 153 Å². The van der Waals surface area contributed by atoms with Crippen molar-refractivity contribution in [1.82, 2.24) is 19.2 Å². The van der Waals surface area contributed by atoms with Crippen LogP contribution in [0.15, 0.2) is 18.5 Å². The van der Waals surface area contributed by atoms with Gasteiger partial charge in [0.25, 0.3) is 5.91 Å². The molecule has 0 radical (unpaired) electrons. The highest BCUT2D eigenvalue weighted by atomic mass is 32.2. The van der Waals surface area contributed by atoms with E-state index in [2.05, 4.69) is 9.67 Å². The Hall–Kier alpha value is -2.09. The molecule has 1 amide bonds. The molecule has 7 nitrogen and oxygen atoms in total. The number of rotatable bonds is 3. The van der Waals surface area contributed by atoms with E-state index in [1.165, 1.54) is 0 Å². The van der Waals surface area contributed by atoms with E-state index in [9.17, 15) is 13.2 Å². The Morgan fingerprint density at radius 1 is 1.27 bits per heavy atom. The monoisotopic (exact) mass is 376 g/mol. The molecule has 3 heterocycles.